The average molecular weight is 282 g/mol. The Labute approximate surface area is 114 Å². The molecule has 2 aromatic rings. The third-order valence-corrected chi connectivity index (χ3v) is 2.56. The fraction of sp³-hybridized carbons (Fsp3) is 0.231. The quantitative estimate of drug-likeness (QED) is 0.903. The number of hydrogen-bond acceptors (Lipinski definition) is 4. The Morgan fingerprint density at radius 1 is 1.05 bits per heavy atom. The Bertz CT molecular complexity index is 611. The SMILES string of the molecule is CNc1cc(Nc2cccc(C(F)(F)F)c2)nc(C)n1. The molecule has 106 valence electrons. The van der Waals surface area contributed by atoms with Gasteiger partial charge in [-0.15, -0.1) is 0 Å². The number of aryl methyl sites for hydroxylation is 1. The smallest absolute Gasteiger partial charge is 0.373 e. The zero-order valence-corrected chi connectivity index (χ0v) is 10.9. The summed E-state index contributed by atoms with van der Waals surface area (Å²) in [5.41, 5.74) is -0.387. The molecule has 0 aliphatic heterocycles. The minimum atomic E-state index is -4.37. The molecule has 20 heavy (non-hydrogen) atoms. The highest BCUT2D eigenvalue weighted by atomic mass is 19.4. The van der Waals surface area contributed by atoms with E-state index in [2.05, 4.69) is 20.6 Å². The summed E-state index contributed by atoms with van der Waals surface area (Å²) >= 11 is 0. The van der Waals surface area contributed by atoms with Crippen molar-refractivity contribution in [3.8, 4) is 0 Å². The maximum absolute atomic E-state index is 12.6. The topological polar surface area (TPSA) is 49.8 Å². The Kier molecular flexibility index (Phi) is 3.78. The summed E-state index contributed by atoms with van der Waals surface area (Å²) in [6.45, 7) is 1.71. The van der Waals surface area contributed by atoms with E-state index in [-0.39, 0.29) is 0 Å². The first-order valence-electron chi connectivity index (χ1n) is 5.86. The van der Waals surface area contributed by atoms with Gasteiger partial charge in [0.05, 0.1) is 5.56 Å². The molecule has 0 aliphatic rings. The van der Waals surface area contributed by atoms with E-state index in [1.165, 1.54) is 6.07 Å². The third kappa shape index (κ3) is 3.37. The zero-order chi connectivity index (χ0) is 14.8. The first-order chi connectivity index (χ1) is 9.38. The summed E-state index contributed by atoms with van der Waals surface area (Å²) in [6, 6.07) is 6.57. The maximum atomic E-state index is 12.6. The highest BCUT2D eigenvalue weighted by Gasteiger charge is 2.30. The number of benzene rings is 1. The van der Waals surface area contributed by atoms with E-state index in [1.54, 1.807) is 26.1 Å². The first kappa shape index (κ1) is 14.1. The molecule has 0 unspecified atom stereocenters. The minimum absolute atomic E-state index is 0.319. The molecule has 1 aromatic heterocycles. The molecule has 0 fully saturated rings. The van der Waals surface area contributed by atoms with Gasteiger partial charge in [-0.25, -0.2) is 9.97 Å². The third-order valence-electron chi connectivity index (χ3n) is 2.56. The van der Waals surface area contributed by atoms with Crippen LogP contribution in [-0.4, -0.2) is 17.0 Å². The van der Waals surface area contributed by atoms with E-state index in [0.717, 1.165) is 12.1 Å². The van der Waals surface area contributed by atoms with Gasteiger partial charge in [-0.1, -0.05) is 6.07 Å². The molecule has 4 nitrogen and oxygen atoms in total. The monoisotopic (exact) mass is 282 g/mol. The Morgan fingerprint density at radius 3 is 2.40 bits per heavy atom. The van der Waals surface area contributed by atoms with Gasteiger partial charge in [0, 0.05) is 18.8 Å². The van der Waals surface area contributed by atoms with Crippen LogP contribution in [0, 0.1) is 6.92 Å². The first-order valence-corrected chi connectivity index (χ1v) is 5.86. The van der Waals surface area contributed by atoms with Crippen LogP contribution in [0.5, 0.6) is 0 Å². The molecular weight excluding hydrogens is 269 g/mol. The van der Waals surface area contributed by atoms with Crippen molar-refractivity contribution in [3.63, 3.8) is 0 Å². The largest absolute Gasteiger partial charge is 0.416 e. The average Bonchev–Trinajstić information content (AvgIpc) is 2.37. The molecule has 1 aromatic carbocycles. The van der Waals surface area contributed by atoms with Gasteiger partial charge in [0.1, 0.15) is 17.5 Å². The predicted octanol–water partition coefficient (Wildman–Crippen LogP) is 3.59. The number of aromatic nitrogens is 2. The summed E-state index contributed by atoms with van der Waals surface area (Å²) < 4.78 is 37.9. The van der Waals surface area contributed by atoms with Crippen LogP contribution in [0.25, 0.3) is 0 Å². The molecule has 2 rings (SSSR count). The Hall–Kier alpha value is -2.31. The van der Waals surface area contributed by atoms with Gasteiger partial charge < -0.3 is 10.6 Å². The molecule has 0 bridgehead atoms. The lowest BCUT2D eigenvalue weighted by molar-refractivity contribution is -0.137. The van der Waals surface area contributed by atoms with Gasteiger partial charge in [-0.3, -0.25) is 0 Å². The van der Waals surface area contributed by atoms with E-state index in [0.29, 0.717) is 23.1 Å². The normalized spacial score (nSPS) is 11.2. The number of alkyl halides is 3. The summed E-state index contributed by atoms with van der Waals surface area (Å²) in [4.78, 5) is 8.23. The molecule has 7 heteroatoms. The summed E-state index contributed by atoms with van der Waals surface area (Å²) in [6.07, 6.45) is -4.37. The van der Waals surface area contributed by atoms with Crippen LogP contribution in [0.1, 0.15) is 11.4 Å². The number of hydrogen-bond donors (Lipinski definition) is 2. The molecule has 0 amide bonds. The highest BCUT2D eigenvalue weighted by Crippen LogP contribution is 2.31. The Balaban J connectivity index is 2.28. The van der Waals surface area contributed by atoms with Crippen LogP contribution < -0.4 is 10.6 Å². The highest BCUT2D eigenvalue weighted by molar-refractivity contribution is 5.60. The summed E-state index contributed by atoms with van der Waals surface area (Å²) in [7, 11) is 1.70. The van der Waals surface area contributed by atoms with Gasteiger partial charge in [-0.2, -0.15) is 13.2 Å². The fourth-order valence-corrected chi connectivity index (χ4v) is 1.68. The van der Waals surface area contributed by atoms with E-state index in [9.17, 15) is 13.2 Å². The second-order valence-corrected chi connectivity index (χ2v) is 4.14. The van der Waals surface area contributed by atoms with Crippen LogP contribution in [-0.2, 0) is 6.18 Å². The zero-order valence-electron chi connectivity index (χ0n) is 10.9. The van der Waals surface area contributed by atoms with E-state index in [1.807, 2.05) is 0 Å². The predicted molar refractivity (Wildman–Crippen MR) is 71.0 cm³/mol. The van der Waals surface area contributed by atoms with Crippen LogP contribution in [0.2, 0.25) is 0 Å². The standard InChI is InChI=1S/C13H13F3N4/c1-8-18-11(17-2)7-12(19-8)20-10-5-3-4-9(6-10)13(14,15)16/h3-7H,1-2H3,(H2,17,18,19,20). The molecule has 1 heterocycles. The van der Waals surface area contributed by atoms with Crippen molar-refractivity contribution in [1.82, 2.24) is 9.97 Å². The van der Waals surface area contributed by atoms with Crippen LogP contribution >= 0.6 is 0 Å². The molecule has 0 spiro atoms. The lowest BCUT2D eigenvalue weighted by Gasteiger charge is -2.11. The lowest BCUT2D eigenvalue weighted by Crippen LogP contribution is -2.06. The molecule has 0 saturated heterocycles. The Morgan fingerprint density at radius 2 is 1.75 bits per heavy atom. The second-order valence-electron chi connectivity index (χ2n) is 4.14. The molecule has 0 radical (unpaired) electrons. The van der Waals surface area contributed by atoms with Crippen LogP contribution in [0.3, 0.4) is 0 Å². The maximum Gasteiger partial charge on any atom is 0.416 e. The van der Waals surface area contributed by atoms with Crippen molar-refractivity contribution in [1.29, 1.82) is 0 Å². The summed E-state index contributed by atoms with van der Waals surface area (Å²) in [5, 5.41) is 5.70. The van der Waals surface area contributed by atoms with Crippen molar-refractivity contribution in [2.45, 2.75) is 13.1 Å². The fourth-order valence-electron chi connectivity index (χ4n) is 1.68. The van der Waals surface area contributed by atoms with Crippen LogP contribution in [0.15, 0.2) is 30.3 Å². The molecule has 0 atom stereocenters. The minimum Gasteiger partial charge on any atom is -0.373 e. The number of nitrogens with one attached hydrogen (secondary N) is 2. The number of rotatable bonds is 3. The van der Waals surface area contributed by atoms with Gasteiger partial charge in [0.15, 0.2) is 0 Å². The number of anilines is 3. The van der Waals surface area contributed by atoms with Gasteiger partial charge in [0.2, 0.25) is 0 Å². The number of nitrogens with zero attached hydrogens (tertiary/aromatic N) is 2. The summed E-state index contributed by atoms with van der Waals surface area (Å²) in [5.74, 6) is 1.54. The van der Waals surface area contributed by atoms with Gasteiger partial charge in [-0.05, 0) is 25.1 Å². The lowest BCUT2D eigenvalue weighted by atomic mass is 10.2. The van der Waals surface area contributed by atoms with E-state index in [4.69, 9.17) is 0 Å². The number of halogens is 3. The van der Waals surface area contributed by atoms with E-state index >= 15 is 0 Å². The molecule has 2 N–H and O–H groups in total. The second kappa shape index (κ2) is 5.36. The molecule has 0 saturated carbocycles. The van der Waals surface area contributed by atoms with Crippen LogP contribution in [0.4, 0.5) is 30.5 Å². The van der Waals surface area contributed by atoms with Crippen molar-refractivity contribution in [3.05, 3.63) is 41.7 Å². The molecular formula is C13H13F3N4. The van der Waals surface area contributed by atoms with Crippen molar-refractivity contribution < 1.29 is 13.2 Å². The molecule has 0 aliphatic carbocycles. The van der Waals surface area contributed by atoms with Gasteiger partial charge >= 0.3 is 6.18 Å². The van der Waals surface area contributed by atoms with Crippen molar-refractivity contribution >= 4 is 17.3 Å². The van der Waals surface area contributed by atoms with Crippen molar-refractivity contribution in [2.75, 3.05) is 17.7 Å². The van der Waals surface area contributed by atoms with Gasteiger partial charge in [0.25, 0.3) is 0 Å². The van der Waals surface area contributed by atoms with E-state index < -0.39 is 11.7 Å². The van der Waals surface area contributed by atoms with Crippen molar-refractivity contribution in [2.24, 2.45) is 0 Å².